The van der Waals surface area contributed by atoms with Gasteiger partial charge in [-0.1, -0.05) is 24.3 Å². The molecule has 2 rings (SSSR count). The van der Waals surface area contributed by atoms with Crippen molar-refractivity contribution in [3.8, 4) is 0 Å². The Morgan fingerprint density at radius 3 is 2.71 bits per heavy atom. The van der Waals surface area contributed by atoms with Gasteiger partial charge >= 0.3 is 5.97 Å². The minimum atomic E-state index is -0.536. The van der Waals surface area contributed by atoms with E-state index in [0.29, 0.717) is 11.3 Å². The zero-order chi connectivity index (χ0) is 15.4. The quantitative estimate of drug-likeness (QED) is 0.654. The predicted molar refractivity (Wildman–Crippen MR) is 77.5 cm³/mol. The molecular weight excluding hydrogens is 272 g/mol. The minimum absolute atomic E-state index is 0.135. The number of para-hydroxylation sites is 1. The Labute approximate surface area is 122 Å². The number of hydrogen-bond donors (Lipinski definition) is 1. The predicted octanol–water partition coefficient (Wildman–Crippen LogP) is 0.726. The van der Waals surface area contributed by atoms with Crippen molar-refractivity contribution in [1.29, 1.82) is 0 Å². The number of carbonyl (C=O) groups excluding carboxylic acids is 3. The van der Waals surface area contributed by atoms with Crippen molar-refractivity contribution >= 4 is 29.0 Å². The molecule has 1 aromatic rings. The zero-order valence-electron chi connectivity index (χ0n) is 11.9. The number of rotatable bonds is 4. The third kappa shape index (κ3) is 2.94. The molecule has 1 aliphatic heterocycles. The lowest BCUT2D eigenvalue weighted by Gasteiger charge is -2.16. The third-order valence-corrected chi connectivity index (χ3v) is 3.21. The summed E-state index contributed by atoms with van der Waals surface area (Å²) in [7, 11) is 1.24. The Morgan fingerprint density at radius 2 is 2.05 bits per heavy atom. The summed E-state index contributed by atoms with van der Waals surface area (Å²) in [6.07, 6.45) is 1.73. The summed E-state index contributed by atoms with van der Waals surface area (Å²) < 4.78 is 4.44. The van der Waals surface area contributed by atoms with E-state index >= 15 is 0 Å². The van der Waals surface area contributed by atoms with Crippen LogP contribution in [0.1, 0.15) is 12.5 Å². The normalized spacial score (nSPS) is 15.0. The summed E-state index contributed by atoms with van der Waals surface area (Å²) in [5.74, 6) is -1.17. The van der Waals surface area contributed by atoms with Gasteiger partial charge in [-0.05, 0) is 13.0 Å². The second-order valence-electron chi connectivity index (χ2n) is 4.46. The number of benzene rings is 1. The van der Waals surface area contributed by atoms with Crippen molar-refractivity contribution < 1.29 is 19.1 Å². The second-order valence-corrected chi connectivity index (χ2v) is 4.46. The highest BCUT2D eigenvalue weighted by molar-refractivity contribution is 6.33. The van der Waals surface area contributed by atoms with Crippen LogP contribution in [0.3, 0.4) is 0 Å². The van der Waals surface area contributed by atoms with Gasteiger partial charge in [-0.2, -0.15) is 0 Å². The van der Waals surface area contributed by atoms with Crippen LogP contribution < -0.4 is 10.2 Å². The van der Waals surface area contributed by atoms with E-state index in [2.05, 4.69) is 10.1 Å². The molecule has 0 saturated carbocycles. The number of anilines is 1. The van der Waals surface area contributed by atoms with Gasteiger partial charge in [0.2, 0.25) is 5.91 Å². The van der Waals surface area contributed by atoms with Crippen LogP contribution in [0.25, 0.3) is 5.57 Å². The van der Waals surface area contributed by atoms with E-state index in [1.807, 2.05) is 18.2 Å². The Balaban J connectivity index is 2.12. The zero-order valence-corrected chi connectivity index (χ0v) is 11.9. The van der Waals surface area contributed by atoms with Crippen molar-refractivity contribution in [1.82, 2.24) is 5.32 Å². The van der Waals surface area contributed by atoms with E-state index in [0.717, 1.165) is 5.56 Å². The van der Waals surface area contributed by atoms with E-state index < -0.39 is 11.9 Å². The van der Waals surface area contributed by atoms with Crippen LogP contribution in [0.15, 0.2) is 30.3 Å². The number of ether oxygens (including phenoxy) is 1. The van der Waals surface area contributed by atoms with Crippen LogP contribution in [-0.2, 0) is 19.1 Å². The van der Waals surface area contributed by atoms with Gasteiger partial charge in [0.05, 0.1) is 12.8 Å². The average Bonchev–Trinajstić information content (AvgIpc) is 2.77. The highest BCUT2D eigenvalue weighted by atomic mass is 16.5. The van der Waals surface area contributed by atoms with E-state index in [1.165, 1.54) is 12.0 Å². The summed E-state index contributed by atoms with van der Waals surface area (Å²) in [4.78, 5) is 36.5. The van der Waals surface area contributed by atoms with Crippen molar-refractivity contribution in [3.63, 3.8) is 0 Å². The Hall–Kier alpha value is -2.63. The van der Waals surface area contributed by atoms with E-state index in [4.69, 9.17) is 0 Å². The van der Waals surface area contributed by atoms with Gasteiger partial charge in [0, 0.05) is 11.1 Å². The lowest BCUT2D eigenvalue weighted by atomic mass is 10.1. The van der Waals surface area contributed by atoms with Crippen molar-refractivity contribution in [2.45, 2.75) is 6.92 Å². The largest absolute Gasteiger partial charge is 0.468 e. The number of methoxy groups -OCH3 is 1. The van der Waals surface area contributed by atoms with Crippen LogP contribution in [-0.4, -0.2) is 38.0 Å². The number of nitrogens with one attached hydrogen (secondary N) is 1. The summed E-state index contributed by atoms with van der Waals surface area (Å²) in [6.45, 7) is 1.44. The number of nitrogens with zero attached hydrogens (tertiary/aromatic N) is 1. The Morgan fingerprint density at radius 1 is 1.33 bits per heavy atom. The van der Waals surface area contributed by atoms with Gasteiger partial charge in [-0.3, -0.25) is 19.3 Å². The SMILES string of the molecule is C/C=C1\C(=O)N(CC(=O)NCC(=O)OC)c2ccccc21. The molecule has 1 N–H and O–H groups in total. The number of amides is 2. The Bertz CT molecular complexity index is 622. The fourth-order valence-corrected chi connectivity index (χ4v) is 2.19. The molecule has 0 unspecified atom stereocenters. The molecule has 110 valence electrons. The van der Waals surface area contributed by atoms with Crippen LogP contribution in [0, 0.1) is 0 Å². The van der Waals surface area contributed by atoms with Gasteiger partial charge < -0.3 is 10.1 Å². The maximum absolute atomic E-state index is 12.3. The lowest BCUT2D eigenvalue weighted by Crippen LogP contribution is -2.40. The molecule has 1 aromatic carbocycles. The molecule has 1 aliphatic rings. The average molecular weight is 288 g/mol. The fraction of sp³-hybridized carbons (Fsp3) is 0.267. The molecule has 0 aromatic heterocycles. The molecule has 6 nitrogen and oxygen atoms in total. The summed E-state index contributed by atoms with van der Waals surface area (Å²) in [6, 6.07) is 7.28. The minimum Gasteiger partial charge on any atom is -0.468 e. The highest BCUT2D eigenvalue weighted by Gasteiger charge is 2.32. The molecule has 0 atom stereocenters. The van der Waals surface area contributed by atoms with Crippen molar-refractivity contribution in [3.05, 3.63) is 35.9 Å². The van der Waals surface area contributed by atoms with Crippen LogP contribution in [0.5, 0.6) is 0 Å². The fourth-order valence-electron chi connectivity index (χ4n) is 2.19. The third-order valence-electron chi connectivity index (χ3n) is 3.21. The maximum atomic E-state index is 12.3. The smallest absolute Gasteiger partial charge is 0.325 e. The van der Waals surface area contributed by atoms with E-state index in [1.54, 1.807) is 19.1 Å². The first-order valence-corrected chi connectivity index (χ1v) is 6.49. The molecule has 0 bridgehead atoms. The van der Waals surface area contributed by atoms with Crippen molar-refractivity contribution in [2.24, 2.45) is 0 Å². The molecule has 6 heteroatoms. The number of hydrogen-bond acceptors (Lipinski definition) is 4. The molecule has 2 amide bonds. The summed E-state index contributed by atoms with van der Waals surface area (Å²) >= 11 is 0. The first-order valence-electron chi connectivity index (χ1n) is 6.49. The number of allylic oxidation sites excluding steroid dienone is 1. The second kappa shape index (κ2) is 6.21. The maximum Gasteiger partial charge on any atom is 0.325 e. The summed E-state index contributed by atoms with van der Waals surface area (Å²) in [5.41, 5.74) is 2.08. The molecule has 21 heavy (non-hydrogen) atoms. The molecule has 0 spiro atoms. The first-order chi connectivity index (χ1) is 10.1. The molecule has 0 radical (unpaired) electrons. The van der Waals surface area contributed by atoms with Gasteiger partial charge in [-0.25, -0.2) is 0 Å². The van der Waals surface area contributed by atoms with Gasteiger partial charge in [-0.15, -0.1) is 0 Å². The molecule has 0 fully saturated rings. The van der Waals surface area contributed by atoms with Crippen LogP contribution in [0.4, 0.5) is 5.69 Å². The first kappa shape index (κ1) is 14.8. The van der Waals surface area contributed by atoms with Crippen molar-refractivity contribution in [2.75, 3.05) is 25.1 Å². The lowest BCUT2D eigenvalue weighted by molar-refractivity contribution is -0.141. The molecule has 0 aliphatic carbocycles. The standard InChI is InChI=1S/C15H16N2O4/c1-3-10-11-6-4-5-7-12(11)17(15(10)20)9-13(18)16-8-14(19)21-2/h3-7H,8-9H2,1-2H3,(H,16,18)/b10-3-. The number of carbonyl (C=O) groups is 3. The molecular formula is C15H16N2O4. The Kier molecular flexibility index (Phi) is 4.37. The number of esters is 1. The van der Waals surface area contributed by atoms with E-state index in [-0.39, 0.29) is 19.0 Å². The van der Waals surface area contributed by atoms with Gasteiger partial charge in [0.15, 0.2) is 0 Å². The molecule has 1 heterocycles. The highest BCUT2D eigenvalue weighted by Crippen LogP contribution is 2.35. The van der Waals surface area contributed by atoms with Crippen LogP contribution in [0.2, 0.25) is 0 Å². The molecule has 0 saturated heterocycles. The summed E-state index contributed by atoms with van der Waals surface area (Å²) in [5, 5.41) is 2.42. The van der Waals surface area contributed by atoms with Gasteiger partial charge in [0.1, 0.15) is 13.1 Å². The number of fused-ring (bicyclic) bond motifs is 1. The van der Waals surface area contributed by atoms with Gasteiger partial charge in [0.25, 0.3) is 5.91 Å². The van der Waals surface area contributed by atoms with Crippen LogP contribution >= 0.6 is 0 Å². The van der Waals surface area contributed by atoms with E-state index in [9.17, 15) is 14.4 Å². The topological polar surface area (TPSA) is 75.7 Å². The monoisotopic (exact) mass is 288 g/mol.